The van der Waals surface area contributed by atoms with Gasteiger partial charge < -0.3 is 10.4 Å². The minimum Gasteiger partial charge on any atom is -0.394 e. The highest BCUT2D eigenvalue weighted by Crippen LogP contribution is 2.24. The lowest BCUT2D eigenvalue weighted by molar-refractivity contribution is 0.269. The molecule has 0 fully saturated rings. The maximum atomic E-state index is 8.90. The Balaban J connectivity index is 1.76. The van der Waals surface area contributed by atoms with Crippen LogP contribution in [0.5, 0.6) is 0 Å². The fourth-order valence-corrected chi connectivity index (χ4v) is 2.56. The first kappa shape index (κ1) is 15.7. The number of nitrogens with zero attached hydrogens (tertiary/aromatic N) is 4. The van der Waals surface area contributed by atoms with Crippen molar-refractivity contribution in [2.24, 2.45) is 0 Å². The molecular formula is C15H13Cl2N5O. The minimum atomic E-state index is 0.0443. The van der Waals surface area contributed by atoms with Gasteiger partial charge in [0.2, 0.25) is 5.95 Å². The van der Waals surface area contributed by atoms with Crippen LogP contribution in [0.4, 0.5) is 11.6 Å². The summed E-state index contributed by atoms with van der Waals surface area (Å²) in [5.41, 5.74) is 2.44. The Labute approximate surface area is 142 Å². The number of nitrogens with one attached hydrogen (secondary N) is 1. The van der Waals surface area contributed by atoms with E-state index >= 15 is 0 Å². The minimum absolute atomic E-state index is 0.0443. The molecule has 0 aliphatic carbocycles. The van der Waals surface area contributed by atoms with Crippen LogP contribution in [-0.4, -0.2) is 31.5 Å². The van der Waals surface area contributed by atoms with Crippen LogP contribution in [0, 0.1) is 0 Å². The van der Waals surface area contributed by atoms with Crippen molar-refractivity contribution in [3.63, 3.8) is 0 Å². The van der Waals surface area contributed by atoms with E-state index in [2.05, 4.69) is 20.4 Å². The highest BCUT2D eigenvalue weighted by molar-refractivity contribution is 6.35. The molecule has 0 aliphatic heterocycles. The summed E-state index contributed by atoms with van der Waals surface area (Å²) < 4.78 is 1.66. The van der Waals surface area contributed by atoms with Gasteiger partial charge in [0.05, 0.1) is 19.3 Å². The normalized spacial score (nSPS) is 10.7. The first-order valence-corrected chi connectivity index (χ1v) is 7.58. The summed E-state index contributed by atoms with van der Waals surface area (Å²) in [4.78, 5) is 8.54. The summed E-state index contributed by atoms with van der Waals surface area (Å²) in [6.07, 6.45) is 6.93. The molecule has 0 atom stereocenters. The van der Waals surface area contributed by atoms with E-state index in [0.29, 0.717) is 28.2 Å². The van der Waals surface area contributed by atoms with Crippen molar-refractivity contribution in [2.75, 3.05) is 11.9 Å². The summed E-state index contributed by atoms with van der Waals surface area (Å²) in [6.45, 7) is 0.499. The van der Waals surface area contributed by atoms with E-state index < -0.39 is 0 Å². The van der Waals surface area contributed by atoms with E-state index in [0.717, 1.165) is 11.1 Å². The molecule has 0 saturated heterocycles. The van der Waals surface area contributed by atoms with Gasteiger partial charge in [-0.15, -0.1) is 0 Å². The lowest BCUT2D eigenvalue weighted by Crippen LogP contribution is -2.01. The molecule has 0 bridgehead atoms. The van der Waals surface area contributed by atoms with E-state index in [4.69, 9.17) is 28.3 Å². The zero-order chi connectivity index (χ0) is 16.2. The predicted octanol–water partition coefficient (Wildman–Crippen LogP) is 3.38. The largest absolute Gasteiger partial charge is 0.394 e. The summed E-state index contributed by atoms with van der Waals surface area (Å²) >= 11 is 11.9. The zero-order valence-corrected chi connectivity index (χ0v) is 13.5. The fraction of sp³-hybridized carbons (Fsp3) is 0.133. The molecular weight excluding hydrogens is 337 g/mol. The Morgan fingerprint density at radius 1 is 1.00 bits per heavy atom. The third-order valence-corrected chi connectivity index (χ3v) is 3.50. The Hall–Kier alpha value is -2.15. The number of benzene rings is 1. The number of hydrogen-bond donors (Lipinski definition) is 2. The maximum Gasteiger partial charge on any atom is 0.227 e. The summed E-state index contributed by atoms with van der Waals surface area (Å²) in [6, 6.07) is 5.13. The number of aromatic nitrogens is 4. The van der Waals surface area contributed by atoms with Crippen LogP contribution in [-0.2, 0) is 6.54 Å². The second-order valence-electron chi connectivity index (χ2n) is 4.79. The number of aliphatic hydroxyl groups excluding tert-OH is 1. The van der Waals surface area contributed by atoms with Gasteiger partial charge in [-0.2, -0.15) is 5.10 Å². The maximum absolute atomic E-state index is 8.90. The zero-order valence-electron chi connectivity index (χ0n) is 11.9. The van der Waals surface area contributed by atoms with Gasteiger partial charge in [-0.25, -0.2) is 9.97 Å². The third kappa shape index (κ3) is 3.98. The molecule has 3 rings (SSSR count). The van der Waals surface area contributed by atoms with Crippen LogP contribution < -0.4 is 5.32 Å². The smallest absolute Gasteiger partial charge is 0.227 e. The lowest BCUT2D eigenvalue weighted by Gasteiger charge is -2.06. The fourth-order valence-electron chi connectivity index (χ4n) is 2.03. The Morgan fingerprint density at radius 3 is 2.35 bits per heavy atom. The molecule has 23 heavy (non-hydrogen) atoms. The van der Waals surface area contributed by atoms with Crippen LogP contribution in [0.3, 0.4) is 0 Å². The van der Waals surface area contributed by atoms with Crippen LogP contribution in [0.25, 0.3) is 11.1 Å². The molecule has 8 heteroatoms. The molecule has 0 saturated carbocycles. The van der Waals surface area contributed by atoms with Crippen LogP contribution in [0.1, 0.15) is 0 Å². The second kappa shape index (κ2) is 6.95. The van der Waals surface area contributed by atoms with E-state index in [1.165, 1.54) is 0 Å². The predicted molar refractivity (Wildman–Crippen MR) is 90.1 cm³/mol. The molecule has 0 aliphatic rings. The van der Waals surface area contributed by atoms with Crippen LogP contribution in [0.15, 0.2) is 43.0 Å². The molecule has 2 N–H and O–H groups in total. The first-order chi connectivity index (χ1) is 11.1. The van der Waals surface area contributed by atoms with Gasteiger partial charge in [0.1, 0.15) is 0 Å². The second-order valence-corrected chi connectivity index (χ2v) is 5.67. The summed E-state index contributed by atoms with van der Waals surface area (Å²) in [5.74, 6) is 0.440. The number of aliphatic hydroxyl groups is 1. The molecule has 118 valence electrons. The number of rotatable bonds is 5. The van der Waals surface area contributed by atoms with Crippen molar-refractivity contribution >= 4 is 34.8 Å². The van der Waals surface area contributed by atoms with Crippen molar-refractivity contribution in [3.05, 3.63) is 53.0 Å². The van der Waals surface area contributed by atoms with E-state index in [1.807, 2.05) is 6.20 Å². The van der Waals surface area contributed by atoms with Crippen molar-refractivity contribution in [2.45, 2.75) is 6.54 Å². The van der Waals surface area contributed by atoms with Crippen molar-refractivity contribution < 1.29 is 5.11 Å². The van der Waals surface area contributed by atoms with Gasteiger partial charge in [0.15, 0.2) is 0 Å². The van der Waals surface area contributed by atoms with E-state index in [9.17, 15) is 0 Å². The number of anilines is 2. The van der Waals surface area contributed by atoms with Crippen LogP contribution >= 0.6 is 23.2 Å². The summed E-state index contributed by atoms with van der Waals surface area (Å²) in [5, 5.41) is 17.2. The van der Waals surface area contributed by atoms with Gasteiger partial charge in [0, 0.05) is 45.5 Å². The van der Waals surface area contributed by atoms with Gasteiger partial charge >= 0.3 is 0 Å². The molecule has 1 aromatic carbocycles. The van der Waals surface area contributed by atoms with Gasteiger partial charge in [-0.05, 0) is 18.2 Å². The molecule has 2 aromatic heterocycles. The number of hydrogen-bond acceptors (Lipinski definition) is 5. The molecule has 3 aromatic rings. The number of halogens is 2. The molecule has 0 amide bonds. The molecule has 0 spiro atoms. The van der Waals surface area contributed by atoms with Crippen molar-refractivity contribution in [1.82, 2.24) is 19.7 Å². The van der Waals surface area contributed by atoms with Crippen molar-refractivity contribution in [3.8, 4) is 11.1 Å². The Morgan fingerprint density at radius 2 is 1.70 bits per heavy atom. The topological polar surface area (TPSA) is 75.9 Å². The highest BCUT2D eigenvalue weighted by atomic mass is 35.5. The lowest BCUT2D eigenvalue weighted by atomic mass is 10.2. The molecule has 0 unspecified atom stereocenters. The molecule has 6 nitrogen and oxygen atoms in total. The highest BCUT2D eigenvalue weighted by Gasteiger charge is 2.05. The Kier molecular flexibility index (Phi) is 4.76. The SMILES string of the molecule is OCCn1cc(-c2cnc(Nc3cc(Cl)cc(Cl)c3)nc2)cn1. The molecule has 2 heterocycles. The van der Waals surface area contributed by atoms with Gasteiger partial charge in [0.25, 0.3) is 0 Å². The van der Waals surface area contributed by atoms with E-state index in [1.54, 1.807) is 41.5 Å². The van der Waals surface area contributed by atoms with E-state index in [-0.39, 0.29) is 6.61 Å². The van der Waals surface area contributed by atoms with Gasteiger partial charge in [-0.1, -0.05) is 23.2 Å². The molecule has 0 radical (unpaired) electrons. The average Bonchev–Trinajstić information content (AvgIpc) is 2.96. The first-order valence-electron chi connectivity index (χ1n) is 6.83. The standard InChI is InChI=1S/C15H13Cl2N5O/c16-12-3-13(17)5-14(4-12)21-15-18-6-10(7-19-15)11-8-20-22(9-11)1-2-23/h3-9,23H,1-2H2,(H,18,19,21). The van der Waals surface area contributed by atoms with Crippen molar-refractivity contribution in [1.29, 1.82) is 0 Å². The Bertz CT molecular complexity index is 784. The monoisotopic (exact) mass is 349 g/mol. The van der Waals surface area contributed by atoms with Gasteiger partial charge in [-0.3, -0.25) is 4.68 Å². The summed E-state index contributed by atoms with van der Waals surface area (Å²) in [7, 11) is 0. The quantitative estimate of drug-likeness (QED) is 0.738. The average molecular weight is 350 g/mol. The third-order valence-electron chi connectivity index (χ3n) is 3.07. The van der Waals surface area contributed by atoms with Crippen LogP contribution in [0.2, 0.25) is 10.0 Å².